The number of nitrogens with zero attached hydrogens (tertiary/aromatic N) is 3. The molecule has 176 valence electrons. The zero-order valence-electron chi connectivity index (χ0n) is 18.8. The number of amides is 2. The first-order valence-corrected chi connectivity index (χ1v) is 11.8. The van der Waals surface area contributed by atoms with Crippen molar-refractivity contribution in [1.29, 1.82) is 0 Å². The van der Waals surface area contributed by atoms with Gasteiger partial charge in [-0.2, -0.15) is 0 Å². The van der Waals surface area contributed by atoms with Crippen LogP contribution in [0.2, 0.25) is 0 Å². The molecular weight excluding hydrogens is 454 g/mol. The molecule has 4 aromatic rings. The Hall–Kier alpha value is -3.47. The fourth-order valence-electron chi connectivity index (χ4n) is 4.57. The average molecular weight is 480 g/mol. The summed E-state index contributed by atoms with van der Waals surface area (Å²) in [6.45, 7) is 1.92. The van der Waals surface area contributed by atoms with Gasteiger partial charge in [-0.1, -0.05) is 0 Å². The molecule has 0 spiro atoms. The zero-order chi connectivity index (χ0) is 24.0. The van der Waals surface area contributed by atoms with Gasteiger partial charge >= 0.3 is 6.03 Å². The van der Waals surface area contributed by atoms with Crippen LogP contribution in [0.1, 0.15) is 21.8 Å². The van der Waals surface area contributed by atoms with E-state index in [4.69, 9.17) is 0 Å². The lowest BCUT2D eigenvalue weighted by molar-refractivity contribution is 0.0670. The number of anilines is 2. The molecule has 0 radical (unpaired) electrons. The van der Waals surface area contributed by atoms with Crippen LogP contribution in [-0.4, -0.2) is 68.9 Å². The first-order valence-electron chi connectivity index (χ1n) is 11.0. The Morgan fingerprint density at radius 1 is 1.24 bits per heavy atom. The molecule has 1 saturated heterocycles. The molecule has 9 nitrogen and oxygen atoms in total. The molecule has 0 unspecified atom stereocenters. The maximum atomic E-state index is 13.1. The van der Waals surface area contributed by atoms with E-state index in [-0.39, 0.29) is 31.1 Å². The smallest absolute Gasteiger partial charge is 0.325 e. The van der Waals surface area contributed by atoms with Crippen LogP contribution in [0.3, 0.4) is 0 Å². The second kappa shape index (κ2) is 8.71. The van der Waals surface area contributed by atoms with E-state index in [0.717, 1.165) is 32.7 Å². The summed E-state index contributed by atoms with van der Waals surface area (Å²) in [5.41, 5.74) is 4.01. The molecule has 4 N–H and O–H groups in total. The van der Waals surface area contributed by atoms with E-state index in [9.17, 15) is 19.8 Å². The monoisotopic (exact) mass is 479 g/mol. The third-order valence-electron chi connectivity index (χ3n) is 6.17. The number of benzene rings is 1. The van der Waals surface area contributed by atoms with Crippen molar-refractivity contribution >= 4 is 55.8 Å². The van der Waals surface area contributed by atoms with Gasteiger partial charge in [-0.3, -0.25) is 14.3 Å². The minimum atomic E-state index is -0.623. The summed E-state index contributed by atoms with van der Waals surface area (Å²) in [6.07, 6.45) is 1.44. The van der Waals surface area contributed by atoms with Crippen molar-refractivity contribution in [2.45, 2.75) is 25.5 Å². The highest BCUT2D eigenvalue weighted by molar-refractivity contribution is 7.21. The molecule has 0 saturated carbocycles. The second-order valence-corrected chi connectivity index (χ2v) is 9.49. The lowest BCUT2D eigenvalue weighted by atomic mass is 10.2. The topological polar surface area (TPSA) is 120 Å². The predicted octanol–water partition coefficient (Wildman–Crippen LogP) is 3.06. The summed E-state index contributed by atoms with van der Waals surface area (Å²) < 4.78 is 2.47. The number of rotatable bonds is 4. The first kappa shape index (κ1) is 22.3. The SMILES string of the molecule is CNC(=O)n1c(C)cc2cc(Nc3ccnc4cc(C(=O)N5C[C@H](O)C[C@H]5CO)sc34)ccc21. The molecule has 5 rings (SSSR count). The van der Waals surface area contributed by atoms with Crippen molar-refractivity contribution in [3.63, 3.8) is 0 Å². The van der Waals surface area contributed by atoms with Crippen LogP contribution in [-0.2, 0) is 0 Å². The van der Waals surface area contributed by atoms with E-state index in [1.165, 1.54) is 16.2 Å². The number of thiophene rings is 1. The number of hydrogen-bond acceptors (Lipinski definition) is 7. The average Bonchev–Trinajstić information content (AvgIpc) is 3.52. The van der Waals surface area contributed by atoms with E-state index >= 15 is 0 Å². The van der Waals surface area contributed by atoms with Gasteiger partial charge < -0.3 is 25.7 Å². The van der Waals surface area contributed by atoms with E-state index in [2.05, 4.69) is 15.6 Å². The van der Waals surface area contributed by atoms with Crippen LogP contribution < -0.4 is 10.6 Å². The molecule has 0 aliphatic carbocycles. The van der Waals surface area contributed by atoms with Crippen molar-refractivity contribution in [2.24, 2.45) is 0 Å². The maximum absolute atomic E-state index is 13.1. The Labute approximate surface area is 199 Å². The number of aliphatic hydroxyl groups is 2. The highest BCUT2D eigenvalue weighted by Crippen LogP contribution is 2.35. The fourth-order valence-corrected chi connectivity index (χ4v) is 5.61. The predicted molar refractivity (Wildman–Crippen MR) is 132 cm³/mol. The van der Waals surface area contributed by atoms with Crippen molar-refractivity contribution in [1.82, 2.24) is 19.8 Å². The minimum absolute atomic E-state index is 0.178. The number of carbonyl (C=O) groups is 2. The fraction of sp³-hybridized carbons (Fsp3) is 0.292. The standard InChI is InChI=1S/C24H25N5O4S/c1-13-7-14-8-15(3-4-20(14)29(13)24(33)25-2)27-18-5-6-26-19-10-21(34-22(18)19)23(32)28-11-17(31)9-16(28)12-30/h3-8,10,16-17,30-31H,9,11-12H2,1-2H3,(H,25,33)(H,26,27)/t16-,17+/m0/s1. The molecule has 2 atom stereocenters. The maximum Gasteiger partial charge on any atom is 0.325 e. The molecular formula is C24H25N5O4S. The Morgan fingerprint density at radius 2 is 2.06 bits per heavy atom. The first-order chi connectivity index (χ1) is 16.4. The van der Waals surface area contributed by atoms with Crippen LogP contribution in [0, 0.1) is 6.92 Å². The van der Waals surface area contributed by atoms with Crippen molar-refractivity contribution in [3.05, 3.63) is 53.2 Å². The molecule has 4 heterocycles. The molecule has 0 bridgehead atoms. The van der Waals surface area contributed by atoms with Gasteiger partial charge in [0.2, 0.25) is 0 Å². The number of aliphatic hydroxyl groups excluding tert-OH is 2. The largest absolute Gasteiger partial charge is 0.394 e. The molecule has 2 amide bonds. The summed E-state index contributed by atoms with van der Waals surface area (Å²) >= 11 is 1.33. The Balaban J connectivity index is 1.46. The number of fused-ring (bicyclic) bond motifs is 2. The molecule has 1 aromatic carbocycles. The van der Waals surface area contributed by atoms with Gasteiger partial charge in [0.25, 0.3) is 5.91 Å². The number of β-amino-alcohol motifs (C(OH)–C–C–N with tert-alkyl or cyclic N) is 1. The summed E-state index contributed by atoms with van der Waals surface area (Å²) in [5, 5.41) is 26.5. The van der Waals surface area contributed by atoms with Gasteiger partial charge in [-0.15, -0.1) is 11.3 Å². The summed E-state index contributed by atoms with van der Waals surface area (Å²) in [5.74, 6) is -0.211. The molecule has 10 heteroatoms. The van der Waals surface area contributed by atoms with Crippen LogP contribution in [0.4, 0.5) is 16.2 Å². The quantitative estimate of drug-likeness (QED) is 0.357. The van der Waals surface area contributed by atoms with E-state index in [0.29, 0.717) is 16.8 Å². The lowest BCUT2D eigenvalue weighted by Crippen LogP contribution is -2.37. The Bertz CT molecular complexity index is 1410. The molecule has 1 aliphatic heterocycles. The number of nitrogens with one attached hydrogen (secondary N) is 2. The van der Waals surface area contributed by atoms with Crippen molar-refractivity contribution in [2.75, 3.05) is 25.5 Å². The van der Waals surface area contributed by atoms with Crippen LogP contribution in [0.5, 0.6) is 0 Å². The van der Waals surface area contributed by atoms with Crippen LogP contribution >= 0.6 is 11.3 Å². The number of pyridine rings is 1. The summed E-state index contributed by atoms with van der Waals surface area (Å²) in [4.78, 5) is 31.8. The number of likely N-dealkylation sites (tertiary alicyclic amines) is 1. The number of aromatic nitrogens is 2. The molecule has 3 aromatic heterocycles. The highest BCUT2D eigenvalue weighted by atomic mass is 32.1. The third kappa shape index (κ3) is 3.79. The van der Waals surface area contributed by atoms with Crippen molar-refractivity contribution in [3.8, 4) is 0 Å². The Kier molecular flexibility index (Phi) is 5.72. The number of hydrogen-bond donors (Lipinski definition) is 4. The summed E-state index contributed by atoms with van der Waals surface area (Å²) in [6, 6.07) is 10.8. The van der Waals surface area contributed by atoms with E-state index in [1.807, 2.05) is 37.3 Å². The molecule has 1 aliphatic rings. The molecule has 34 heavy (non-hydrogen) atoms. The third-order valence-corrected chi connectivity index (χ3v) is 7.31. The van der Waals surface area contributed by atoms with E-state index in [1.54, 1.807) is 23.9 Å². The van der Waals surface area contributed by atoms with Gasteiger partial charge in [0.15, 0.2) is 0 Å². The van der Waals surface area contributed by atoms with E-state index < -0.39 is 6.10 Å². The normalized spacial score (nSPS) is 18.1. The van der Waals surface area contributed by atoms with Gasteiger partial charge in [0.05, 0.1) is 45.1 Å². The Morgan fingerprint density at radius 3 is 2.82 bits per heavy atom. The zero-order valence-corrected chi connectivity index (χ0v) is 19.6. The summed E-state index contributed by atoms with van der Waals surface area (Å²) in [7, 11) is 1.61. The molecule has 1 fully saturated rings. The second-order valence-electron chi connectivity index (χ2n) is 8.44. The van der Waals surface area contributed by atoms with Crippen molar-refractivity contribution < 1.29 is 19.8 Å². The van der Waals surface area contributed by atoms with Crippen LogP contribution in [0.15, 0.2) is 42.6 Å². The number of carbonyl (C=O) groups excluding carboxylic acids is 2. The van der Waals surface area contributed by atoms with Gasteiger partial charge in [0.1, 0.15) is 0 Å². The van der Waals surface area contributed by atoms with Gasteiger partial charge in [0, 0.05) is 36.6 Å². The minimum Gasteiger partial charge on any atom is -0.394 e. The van der Waals surface area contributed by atoms with Crippen LogP contribution in [0.25, 0.3) is 21.1 Å². The van der Waals surface area contributed by atoms with Gasteiger partial charge in [-0.25, -0.2) is 4.79 Å². The highest BCUT2D eigenvalue weighted by Gasteiger charge is 2.35. The lowest BCUT2D eigenvalue weighted by Gasteiger charge is -2.21. The number of aryl methyl sites for hydroxylation is 1. The van der Waals surface area contributed by atoms with Gasteiger partial charge in [-0.05, 0) is 49.7 Å².